The molecule has 4 N–H and O–H groups in total. The van der Waals surface area contributed by atoms with E-state index in [9.17, 15) is 26.4 Å². The molecular formula is C44H44N12O8S2. The molecule has 8 aromatic rings. The van der Waals surface area contributed by atoms with Crippen LogP contribution in [0.3, 0.4) is 0 Å². The zero-order chi connectivity index (χ0) is 47.0. The van der Waals surface area contributed by atoms with Crippen LogP contribution < -0.4 is 40.9 Å². The minimum atomic E-state index is -4.10. The third kappa shape index (κ3) is 11.0. The number of nitrogens with two attached hydrogens (primary N) is 1. The first-order valence-corrected chi connectivity index (χ1v) is 23.7. The molecule has 0 aliphatic rings. The number of sulfonamides is 2. The molecule has 0 bridgehead atoms. The molecule has 0 amide bonds. The number of anilines is 4. The number of benzene rings is 2. The third-order valence-corrected chi connectivity index (χ3v) is 12.9. The van der Waals surface area contributed by atoms with E-state index in [-0.39, 0.29) is 34.8 Å². The van der Waals surface area contributed by atoms with E-state index in [0.717, 1.165) is 45.0 Å². The molecule has 0 unspecified atom stereocenters. The first-order valence-electron chi connectivity index (χ1n) is 20.0. The van der Waals surface area contributed by atoms with Gasteiger partial charge in [-0.1, -0.05) is 72.8 Å². The minimum absolute atomic E-state index is 0.168. The van der Waals surface area contributed by atoms with Gasteiger partial charge in [0.05, 0.1) is 46.0 Å². The predicted octanol–water partition coefficient (Wildman–Crippen LogP) is 3.78. The van der Waals surface area contributed by atoms with Gasteiger partial charge in [-0.2, -0.15) is 0 Å². The predicted molar refractivity (Wildman–Crippen MR) is 250 cm³/mol. The van der Waals surface area contributed by atoms with E-state index < -0.39 is 25.6 Å². The van der Waals surface area contributed by atoms with Crippen molar-refractivity contribution < 1.29 is 26.5 Å². The van der Waals surface area contributed by atoms with Crippen molar-refractivity contribution in [3.8, 4) is 0 Å². The van der Waals surface area contributed by atoms with Crippen molar-refractivity contribution in [3.05, 3.63) is 176 Å². The fourth-order valence-electron chi connectivity index (χ4n) is 6.68. The van der Waals surface area contributed by atoms with Crippen molar-refractivity contribution in [2.75, 3.05) is 32.6 Å². The van der Waals surface area contributed by atoms with Crippen molar-refractivity contribution in [2.45, 2.75) is 40.2 Å². The van der Waals surface area contributed by atoms with Crippen LogP contribution in [0.5, 0.6) is 0 Å². The standard InChI is InChI=1S/C23H24N6O6S2.C21H20N6O2/c1-16-22-19(24-12-18-9-10-20(25-13-18)29(36(2,31)32)37(3,33)34)11-21(30)28(23(22)27-15-26-16)35-14-17-7-5-4-6-8-17;1-14-20-17(23-10-16-7-8-18(22)24-11-16)9-19(28)27(21(20)26-13-25-14)29-12-15-5-3-2-4-6-15/h4-11,13,15,24H,12,14H2,1-3H3;2-9,11,13,23H,10,12H2,1H3,(H2,22,24). The Morgan fingerprint density at radius 2 is 1.02 bits per heavy atom. The van der Waals surface area contributed by atoms with Crippen LogP contribution in [-0.2, 0) is 46.3 Å². The molecule has 20 nitrogen and oxygen atoms in total. The van der Waals surface area contributed by atoms with Gasteiger partial charge in [0.1, 0.15) is 31.7 Å². The van der Waals surface area contributed by atoms with E-state index >= 15 is 0 Å². The molecule has 6 heterocycles. The molecule has 0 fully saturated rings. The zero-order valence-electron chi connectivity index (χ0n) is 36.1. The van der Waals surface area contributed by atoms with Crippen LogP contribution in [0.4, 0.5) is 23.0 Å². The number of aryl methyl sites for hydroxylation is 2. The molecule has 22 heteroatoms. The van der Waals surface area contributed by atoms with Gasteiger partial charge in [0.2, 0.25) is 20.0 Å². The maximum atomic E-state index is 12.9. The highest BCUT2D eigenvalue weighted by Gasteiger charge is 2.28. The van der Waals surface area contributed by atoms with Gasteiger partial charge in [-0.25, -0.2) is 46.7 Å². The van der Waals surface area contributed by atoms with Gasteiger partial charge in [0.25, 0.3) is 11.1 Å². The van der Waals surface area contributed by atoms with E-state index in [2.05, 4.69) is 40.5 Å². The molecule has 6 aromatic heterocycles. The lowest BCUT2D eigenvalue weighted by molar-refractivity contribution is 0.0979. The topological polar surface area (TPSA) is 261 Å². The quantitative estimate of drug-likeness (QED) is 0.132. The Labute approximate surface area is 378 Å². The van der Waals surface area contributed by atoms with Crippen molar-refractivity contribution in [1.82, 2.24) is 39.4 Å². The van der Waals surface area contributed by atoms with Crippen LogP contribution in [0.2, 0.25) is 0 Å². The Balaban J connectivity index is 0.000000202. The second-order valence-electron chi connectivity index (χ2n) is 14.8. The summed E-state index contributed by atoms with van der Waals surface area (Å²) in [6.07, 6.45) is 7.38. The summed E-state index contributed by atoms with van der Waals surface area (Å²) >= 11 is 0. The molecule has 66 heavy (non-hydrogen) atoms. The summed E-state index contributed by atoms with van der Waals surface area (Å²) in [5.74, 6) is 0.211. The maximum Gasteiger partial charge on any atom is 0.287 e. The van der Waals surface area contributed by atoms with E-state index in [1.54, 1.807) is 19.2 Å². The van der Waals surface area contributed by atoms with E-state index in [1.807, 2.05) is 73.7 Å². The van der Waals surface area contributed by atoms with Crippen LogP contribution in [-0.4, -0.2) is 68.7 Å². The largest absolute Gasteiger partial charge is 0.404 e. The van der Waals surface area contributed by atoms with Gasteiger partial charge in [-0.05, 0) is 48.2 Å². The number of nitrogen functional groups attached to an aromatic ring is 1. The highest BCUT2D eigenvalue weighted by Crippen LogP contribution is 2.25. The van der Waals surface area contributed by atoms with Gasteiger partial charge < -0.3 is 26.0 Å². The average Bonchev–Trinajstić information content (AvgIpc) is 3.28. The summed E-state index contributed by atoms with van der Waals surface area (Å²) in [6.45, 7) is 4.74. The molecule has 0 spiro atoms. The molecular weight excluding hydrogens is 889 g/mol. The maximum absolute atomic E-state index is 12.9. The zero-order valence-corrected chi connectivity index (χ0v) is 37.7. The summed E-state index contributed by atoms with van der Waals surface area (Å²) in [4.78, 5) is 62.4. The SMILES string of the molecule is Cc1ncnc2c1c(NCc1ccc(N(S(C)(=O)=O)S(C)(=O)=O)nc1)cc(=O)n2OCc1ccccc1.Cc1ncnc2c1c(NCc1ccc(N)nc1)cc(=O)n2OCc1ccccc1. The number of aromatic nitrogens is 8. The monoisotopic (exact) mass is 932 g/mol. The Morgan fingerprint density at radius 3 is 1.41 bits per heavy atom. The summed E-state index contributed by atoms with van der Waals surface area (Å²) in [5.41, 5.74) is 11.4. The van der Waals surface area contributed by atoms with Gasteiger partial charge in [-0.3, -0.25) is 9.59 Å². The van der Waals surface area contributed by atoms with Gasteiger partial charge in [0.15, 0.2) is 17.1 Å². The second-order valence-corrected chi connectivity index (χ2v) is 18.7. The van der Waals surface area contributed by atoms with Crippen LogP contribution in [0.25, 0.3) is 22.1 Å². The Hall–Kier alpha value is -7.98. The minimum Gasteiger partial charge on any atom is -0.404 e. The highest BCUT2D eigenvalue weighted by atomic mass is 32.3. The third-order valence-electron chi connectivity index (χ3n) is 9.71. The molecule has 0 aliphatic heterocycles. The Kier molecular flexibility index (Phi) is 13.8. The normalized spacial score (nSPS) is 11.4. The first kappa shape index (κ1) is 46.0. The van der Waals surface area contributed by atoms with Crippen molar-refractivity contribution >= 4 is 65.1 Å². The number of fused-ring (bicyclic) bond motifs is 2. The molecule has 0 atom stereocenters. The highest BCUT2D eigenvalue weighted by molar-refractivity contribution is 8.09. The number of pyridine rings is 4. The van der Waals surface area contributed by atoms with Crippen LogP contribution in [0, 0.1) is 13.8 Å². The van der Waals surface area contributed by atoms with Crippen molar-refractivity contribution in [1.29, 1.82) is 0 Å². The lowest BCUT2D eigenvalue weighted by Gasteiger charge is -2.19. The summed E-state index contributed by atoms with van der Waals surface area (Å²) in [6, 6.07) is 28.4. The fraction of sp³-hybridized carbons (Fsp3) is 0.182. The van der Waals surface area contributed by atoms with E-state index in [1.165, 1.54) is 47.8 Å². The van der Waals surface area contributed by atoms with E-state index in [0.29, 0.717) is 51.7 Å². The molecule has 2 aromatic carbocycles. The summed E-state index contributed by atoms with van der Waals surface area (Å²) in [7, 11) is -8.20. The van der Waals surface area contributed by atoms with Gasteiger partial charge in [0, 0.05) is 37.6 Å². The summed E-state index contributed by atoms with van der Waals surface area (Å²) < 4.78 is 50.4. The van der Waals surface area contributed by atoms with Crippen LogP contribution >= 0.6 is 0 Å². The average molecular weight is 933 g/mol. The number of nitrogens with zero attached hydrogens (tertiary/aromatic N) is 9. The number of rotatable bonds is 15. The van der Waals surface area contributed by atoms with E-state index in [4.69, 9.17) is 15.4 Å². The van der Waals surface area contributed by atoms with Gasteiger partial charge >= 0.3 is 0 Å². The number of nitrogens with one attached hydrogen (secondary N) is 2. The molecule has 0 saturated carbocycles. The first-order chi connectivity index (χ1) is 31.6. The fourth-order valence-corrected chi connectivity index (χ4v) is 9.55. The smallest absolute Gasteiger partial charge is 0.287 e. The number of hydrogen-bond donors (Lipinski definition) is 3. The molecule has 340 valence electrons. The molecule has 0 aliphatic carbocycles. The lowest BCUT2D eigenvalue weighted by Crippen LogP contribution is -2.35. The second kappa shape index (κ2) is 19.8. The molecule has 0 radical (unpaired) electrons. The van der Waals surface area contributed by atoms with Crippen LogP contribution in [0.1, 0.15) is 33.6 Å². The summed E-state index contributed by atoms with van der Waals surface area (Å²) in [5, 5.41) is 7.74. The molecule has 8 rings (SSSR count). The molecule has 0 saturated heterocycles. The van der Waals surface area contributed by atoms with Gasteiger partial charge in [-0.15, -0.1) is 13.2 Å². The number of hydrogen-bond acceptors (Lipinski definition) is 17. The lowest BCUT2D eigenvalue weighted by atomic mass is 10.2. The Bertz CT molecular complexity index is 3310. The van der Waals surface area contributed by atoms with Crippen LogP contribution in [0.15, 0.2) is 132 Å². The Morgan fingerprint density at radius 1 is 0.576 bits per heavy atom. The van der Waals surface area contributed by atoms with Crippen molar-refractivity contribution in [2.24, 2.45) is 0 Å². The van der Waals surface area contributed by atoms with Crippen molar-refractivity contribution in [3.63, 3.8) is 0 Å².